The van der Waals surface area contributed by atoms with E-state index in [9.17, 15) is 18.0 Å². The third-order valence-electron chi connectivity index (χ3n) is 5.69. The lowest BCUT2D eigenvalue weighted by Crippen LogP contribution is -2.49. The highest BCUT2D eigenvalue weighted by molar-refractivity contribution is 7.89. The molecule has 0 spiro atoms. The average Bonchev–Trinajstić information content (AvgIpc) is 2.81. The number of piperidine rings is 1. The van der Waals surface area contributed by atoms with E-state index in [-0.39, 0.29) is 17.5 Å². The minimum Gasteiger partial charge on any atom is -0.465 e. The number of hydrogen-bond acceptors (Lipinski definition) is 6. The van der Waals surface area contributed by atoms with E-state index in [0.29, 0.717) is 42.1 Å². The highest BCUT2D eigenvalue weighted by Gasteiger charge is 2.36. The van der Waals surface area contributed by atoms with Crippen molar-refractivity contribution in [3.63, 3.8) is 0 Å². The van der Waals surface area contributed by atoms with Gasteiger partial charge in [-0.15, -0.1) is 0 Å². The summed E-state index contributed by atoms with van der Waals surface area (Å²) in [6.07, 6.45) is 0.429. The summed E-state index contributed by atoms with van der Waals surface area (Å²) in [6.45, 7) is 6.09. The molecule has 8 nitrogen and oxygen atoms in total. The molecule has 1 amide bonds. The first-order valence-corrected chi connectivity index (χ1v) is 13.2. The number of likely N-dealkylation sites (tertiary alicyclic amines) is 1. The Morgan fingerprint density at radius 1 is 1.06 bits per heavy atom. The SMILES string of the molecule is COC(=O)c1ccccc1CN(C1CCN(C(=O)OC(C)(C)C)CC1)S(=O)(=O)c1ccc(Cl)cc1. The Morgan fingerprint density at radius 2 is 1.66 bits per heavy atom. The lowest BCUT2D eigenvalue weighted by atomic mass is 10.0. The molecular weight excluding hydrogens is 492 g/mol. The van der Waals surface area contributed by atoms with Gasteiger partial charge in [0.2, 0.25) is 10.0 Å². The van der Waals surface area contributed by atoms with E-state index in [1.165, 1.54) is 35.7 Å². The average molecular weight is 523 g/mol. The van der Waals surface area contributed by atoms with Crippen molar-refractivity contribution in [1.82, 2.24) is 9.21 Å². The van der Waals surface area contributed by atoms with Crippen LogP contribution in [0.1, 0.15) is 49.5 Å². The van der Waals surface area contributed by atoms with Crippen LogP contribution in [0.3, 0.4) is 0 Å². The summed E-state index contributed by atoms with van der Waals surface area (Å²) < 4.78 is 39.3. The van der Waals surface area contributed by atoms with Gasteiger partial charge >= 0.3 is 12.1 Å². The van der Waals surface area contributed by atoms with Crippen molar-refractivity contribution in [2.45, 2.75) is 56.7 Å². The number of benzene rings is 2. The molecule has 35 heavy (non-hydrogen) atoms. The summed E-state index contributed by atoms with van der Waals surface area (Å²) in [5.41, 5.74) is 0.221. The van der Waals surface area contributed by atoms with E-state index in [4.69, 9.17) is 21.1 Å². The van der Waals surface area contributed by atoms with Crippen LogP contribution in [0.25, 0.3) is 0 Å². The van der Waals surface area contributed by atoms with Crippen LogP contribution in [0.5, 0.6) is 0 Å². The topological polar surface area (TPSA) is 93.2 Å². The largest absolute Gasteiger partial charge is 0.465 e. The maximum absolute atomic E-state index is 13.8. The van der Waals surface area contributed by atoms with E-state index in [0.717, 1.165) is 0 Å². The van der Waals surface area contributed by atoms with E-state index in [1.54, 1.807) is 49.9 Å². The normalized spacial score (nSPS) is 15.2. The Kier molecular flexibility index (Phi) is 8.46. The van der Waals surface area contributed by atoms with Crippen LogP contribution in [-0.2, 0) is 26.0 Å². The maximum Gasteiger partial charge on any atom is 0.410 e. The zero-order valence-electron chi connectivity index (χ0n) is 20.4. The number of amides is 1. The molecule has 190 valence electrons. The fraction of sp³-hybridized carbons (Fsp3) is 0.440. The van der Waals surface area contributed by atoms with Crippen LogP contribution in [-0.4, -0.2) is 61.5 Å². The molecule has 0 aromatic heterocycles. The van der Waals surface area contributed by atoms with Gasteiger partial charge in [-0.1, -0.05) is 29.8 Å². The molecule has 1 fully saturated rings. The molecule has 10 heteroatoms. The van der Waals surface area contributed by atoms with Gasteiger partial charge in [-0.25, -0.2) is 18.0 Å². The number of sulfonamides is 1. The fourth-order valence-electron chi connectivity index (χ4n) is 3.95. The van der Waals surface area contributed by atoms with E-state index < -0.39 is 27.7 Å². The summed E-state index contributed by atoms with van der Waals surface area (Å²) in [5.74, 6) is -0.538. The smallest absolute Gasteiger partial charge is 0.410 e. The number of carbonyl (C=O) groups excluding carboxylic acids is 2. The summed E-state index contributed by atoms with van der Waals surface area (Å²) in [4.78, 5) is 26.5. The molecule has 0 unspecified atom stereocenters. The highest BCUT2D eigenvalue weighted by atomic mass is 35.5. The number of ether oxygens (including phenoxy) is 2. The monoisotopic (exact) mass is 522 g/mol. The van der Waals surface area contributed by atoms with Gasteiger partial charge in [0.15, 0.2) is 0 Å². The van der Waals surface area contributed by atoms with E-state index in [1.807, 2.05) is 0 Å². The van der Waals surface area contributed by atoms with Gasteiger partial charge in [-0.3, -0.25) is 0 Å². The highest BCUT2D eigenvalue weighted by Crippen LogP contribution is 2.29. The van der Waals surface area contributed by atoms with Crippen LogP contribution in [0.4, 0.5) is 4.79 Å². The maximum atomic E-state index is 13.8. The Labute approximate surface area is 211 Å². The van der Waals surface area contributed by atoms with Crippen molar-refractivity contribution in [1.29, 1.82) is 0 Å². The Balaban J connectivity index is 1.91. The number of methoxy groups -OCH3 is 1. The van der Waals surface area contributed by atoms with Gasteiger partial charge in [0.25, 0.3) is 0 Å². The van der Waals surface area contributed by atoms with Gasteiger partial charge in [0, 0.05) is 30.7 Å². The molecule has 1 aliphatic heterocycles. The molecule has 1 saturated heterocycles. The number of rotatable bonds is 6. The first kappa shape index (κ1) is 27.0. The zero-order chi connectivity index (χ0) is 25.8. The standard InChI is InChI=1S/C25H31ClN2O6S/c1-25(2,3)34-24(30)27-15-13-20(14-16-27)28(35(31,32)21-11-9-19(26)10-12-21)17-18-7-5-6-8-22(18)23(29)33-4/h5-12,20H,13-17H2,1-4H3. The minimum atomic E-state index is -3.94. The number of hydrogen-bond donors (Lipinski definition) is 0. The third-order valence-corrected chi connectivity index (χ3v) is 7.86. The molecule has 3 rings (SSSR count). The quantitative estimate of drug-likeness (QED) is 0.510. The zero-order valence-corrected chi connectivity index (χ0v) is 21.9. The minimum absolute atomic E-state index is 0.0205. The summed E-state index contributed by atoms with van der Waals surface area (Å²) in [5, 5.41) is 0.428. The van der Waals surface area contributed by atoms with Crippen LogP contribution in [0, 0.1) is 0 Å². The summed E-state index contributed by atoms with van der Waals surface area (Å²) in [7, 11) is -2.66. The lowest BCUT2D eigenvalue weighted by Gasteiger charge is -2.38. The second-order valence-electron chi connectivity index (χ2n) is 9.35. The number of esters is 1. The molecule has 0 saturated carbocycles. The Morgan fingerprint density at radius 3 is 2.23 bits per heavy atom. The van der Waals surface area contributed by atoms with Crippen molar-refractivity contribution in [2.75, 3.05) is 20.2 Å². The van der Waals surface area contributed by atoms with Crippen LogP contribution < -0.4 is 0 Å². The van der Waals surface area contributed by atoms with Crippen LogP contribution in [0.2, 0.25) is 5.02 Å². The van der Waals surface area contributed by atoms with E-state index in [2.05, 4.69) is 0 Å². The molecule has 0 N–H and O–H groups in total. The van der Waals surface area contributed by atoms with Gasteiger partial charge in [0.1, 0.15) is 5.60 Å². The van der Waals surface area contributed by atoms with E-state index >= 15 is 0 Å². The summed E-state index contributed by atoms with van der Waals surface area (Å²) >= 11 is 5.97. The van der Waals surface area contributed by atoms with Crippen molar-refractivity contribution in [3.8, 4) is 0 Å². The van der Waals surface area contributed by atoms with Crippen molar-refractivity contribution in [3.05, 3.63) is 64.7 Å². The second-order valence-corrected chi connectivity index (χ2v) is 11.7. The molecule has 0 aliphatic carbocycles. The van der Waals surface area contributed by atoms with Crippen molar-refractivity contribution < 1.29 is 27.5 Å². The van der Waals surface area contributed by atoms with Crippen LogP contribution in [0.15, 0.2) is 53.4 Å². The molecule has 1 aliphatic rings. The van der Waals surface area contributed by atoms with Gasteiger partial charge < -0.3 is 14.4 Å². The first-order valence-electron chi connectivity index (χ1n) is 11.3. The second kappa shape index (κ2) is 11.0. The lowest BCUT2D eigenvalue weighted by molar-refractivity contribution is 0.0175. The van der Waals surface area contributed by atoms with Crippen molar-refractivity contribution in [2.24, 2.45) is 0 Å². The molecule has 0 radical (unpaired) electrons. The first-order chi connectivity index (χ1) is 16.4. The van der Waals surface area contributed by atoms with Crippen LogP contribution >= 0.6 is 11.6 Å². The van der Waals surface area contributed by atoms with Gasteiger partial charge in [-0.05, 0) is 69.5 Å². The molecule has 0 bridgehead atoms. The number of nitrogens with zero attached hydrogens (tertiary/aromatic N) is 2. The van der Waals surface area contributed by atoms with Gasteiger partial charge in [-0.2, -0.15) is 4.31 Å². The number of carbonyl (C=O) groups is 2. The summed E-state index contributed by atoms with van der Waals surface area (Å²) in [6, 6.07) is 12.4. The Bertz CT molecular complexity index is 1150. The van der Waals surface area contributed by atoms with Crippen molar-refractivity contribution >= 4 is 33.7 Å². The molecule has 0 atom stereocenters. The molecular formula is C25H31ClN2O6S. The predicted molar refractivity (Wildman–Crippen MR) is 133 cm³/mol. The van der Waals surface area contributed by atoms with Gasteiger partial charge in [0.05, 0.1) is 17.6 Å². The molecule has 2 aromatic rings. The fourth-order valence-corrected chi connectivity index (χ4v) is 5.74. The Hall–Kier alpha value is -2.62. The third kappa shape index (κ3) is 6.74. The predicted octanol–water partition coefficient (Wildman–Crippen LogP) is 4.72. The number of halogens is 1. The molecule has 2 aromatic carbocycles. The molecule has 1 heterocycles.